The van der Waals surface area contributed by atoms with Crippen LogP contribution in [0.2, 0.25) is 0 Å². The third-order valence-corrected chi connectivity index (χ3v) is 4.62. The van der Waals surface area contributed by atoms with E-state index in [0.29, 0.717) is 6.61 Å². The summed E-state index contributed by atoms with van der Waals surface area (Å²) in [5.74, 6) is -0.670. The Hall–Kier alpha value is -3.67. The molecular weight excluding hydrogens is 380 g/mol. The summed E-state index contributed by atoms with van der Waals surface area (Å²) in [6, 6.07) is 15.2. The highest BCUT2D eigenvalue weighted by Gasteiger charge is 2.26. The first-order chi connectivity index (χ1) is 14.5. The molecule has 6 nitrogen and oxygen atoms in total. The van der Waals surface area contributed by atoms with Crippen LogP contribution < -0.4 is 15.4 Å². The second kappa shape index (κ2) is 10.2. The maximum atomic E-state index is 11.6. The molecule has 0 spiro atoms. The molecule has 30 heavy (non-hydrogen) atoms. The second-order valence-electron chi connectivity index (χ2n) is 6.95. The highest BCUT2D eigenvalue weighted by atomic mass is 16.5. The van der Waals surface area contributed by atoms with Crippen LogP contribution in [-0.4, -0.2) is 17.8 Å². The van der Waals surface area contributed by atoms with E-state index in [1.54, 1.807) is 12.2 Å². The Morgan fingerprint density at radius 2 is 1.50 bits per heavy atom. The van der Waals surface area contributed by atoms with Gasteiger partial charge in [0.2, 0.25) is 0 Å². The molecule has 2 aromatic rings. The Morgan fingerprint density at radius 1 is 0.867 bits per heavy atom. The summed E-state index contributed by atoms with van der Waals surface area (Å²) in [4.78, 5) is 34.3. The van der Waals surface area contributed by atoms with Gasteiger partial charge < -0.3 is 4.74 Å². The largest absolute Gasteiger partial charge is 0.489 e. The number of hydrogen-bond donors (Lipinski definition) is 2. The number of hydrogen-bond acceptors (Lipinski definition) is 4. The summed E-state index contributed by atoms with van der Waals surface area (Å²) in [5, 5.41) is 4.05. The molecule has 0 aliphatic carbocycles. The number of urea groups is 1. The van der Waals surface area contributed by atoms with Crippen molar-refractivity contribution in [3.05, 3.63) is 82.9 Å². The van der Waals surface area contributed by atoms with Crippen molar-refractivity contribution in [2.24, 2.45) is 0 Å². The van der Waals surface area contributed by atoms with Crippen LogP contribution in [0.5, 0.6) is 5.75 Å². The van der Waals surface area contributed by atoms with Gasteiger partial charge >= 0.3 is 6.03 Å². The minimum Gasteiger partial charge on any atom is -0.489 e. The van der Waals surface area contributed by atoms with Crippen molar-refractivity contribution < 1.29 is 19.1 Å². The lowest BCUT2D eigenvalue weighted by Gasteiger charge is -2.12. The van der Waals surface area contributed by atoms with Gasteiger partial charge in [0.25, 0.3) is 11.8 Å². The maximum absolute atomic E-state index is 11.6. The second-order valence-corrected chi connectivity index (χ2v) is 6.95. The van der Waals surface area contributed by atoms with Gasteiger partial charge in [-0.3, -0.25) is 20.2 Å². The molecule has 2 N–H and O–H groups in total. The Morgan fingerprint density at radius 3 is 2.13 bits per heavy atom. The standard InChI is InChI=1S/C24H24N2O4/c1-2-3-5-17-8-10-19(11-9-17)16-30-20-14-12-18(13-15-20)6-4-7-21-22(27)25-24(29)26-23(21)28/h4,6-15H,2-3,5,16H2,1H3,(H2,25,26,27,28,29)/b6-4+. The molecule has 0 radical (unpaired) electrons. The van der Waals surface area contributed by atoms with Gasteiger partial charge in [-0.25, -0.2) is 4.79 Å². The molecule has 0 bridgehead atoms. The lowest BCUT2D eigenvalue weighted by atomic mass is 10.1. The average Bonchev–Trinajstić information content (AvgIpc) is 2.74. The van der Waals surface area contributed by atoms with E-state index in [4.69, 9.17) is 4.74 Å². The molecule has 0 atom stereocenters. The van der Waals surface area contributed by atoms with Gasteiger partial charge in [0, 0.05) is 0 Å². The van der Waals surface area contributed by atoms with Crippen molar-refractivity contribution in [3.8, 4) is 5.75 Å². The topological polar surface area (TPSA) is 84.5 Å². The van der Waals surface area contributed by atoms with Crippen molar-refractivity contribution in [2.45, 2.75) is 32.8 Å². The molecule has 1 heterocycles. The summed E-state index contributed by atoms with van der Waals surface area (Å²) in [6.45, 7) is 2.69. The molecule has 2 aromatic carbocycles. The Balaban J connectivity index is 1.53. The summed E-state index contributed by atoms with van der Waals surface area (Å²) in [7, 11) is 0. The number of benzene rings is 2. The predicted molar refractivity (Wildman–Crippen MR) is 115 cm³/mol. The summed E-state index contributed by atoms with van der Waals surface area (Å²) in [5.41, 5.74) is 3.23. The molecule has 0 unspecified atom stereocenters. The van der Waals surface area contributed by atoms with E-state index in [2.05, 4.69) is 31.2 Å². The summed E-state index contributed by atoms with van der Waals surface area (Å²) >= 11 is 0. The van der Waals surface area contributed by atoms with Crippen LogP contribution in [0.3, 0.4) is 0 Å². The zero-order valence-corrected chi connectivity index (χ0v) is 16.8. The molecule has 1 aliphatic heterocycles. The number of nitrogens with one attached hydrogen (secondary N) is 2. The van der Waals surface area contributed by atoms with Gasteiger partial charge in [-0.05, 0) is 47.7 Å². The van der Waals surface area contributed by atoms with Gasteiger partial charge in [-0.2, -0.15) is 0 Å². The summed E-state index contributed by atoms with van der Waals surface area (Å²) < 4.78 is 5.83. The Kier molecular flexibility index (Phi) is 7.16. The number of aryl methyl sites for hydroxylation is 1. The fourth-order valence-corrected chi connectivity index (χ4v) is 2.91. The molecule has 1 aliphatic rings. The third-order valence-electron chi connectivity index (χ3n) is 4.62. The zero-order chi connectivity index (χ0) is 21.3. The van der Waals surface area contributed by atoms with Crippen molar-refractivity contribution in [1.82, 2.24) is 10.6 Å². The van der Waals surface area contributed by atoms with E-state index in [9.17, 15) is 14.4 Å². The normalized spacial score (nSPS) is 13.9. The molecular formula is C24H24N2O4. The monoisotopic (exact) mass is 404 g/mol. The fourth-order valence-electron chi connectivity index (χ4n) is 2.91. The van der Waals surface area contributed by atoms with Crippen molar-refractivity contribution in [2.75, 3.05) is 0 Å². The maximum Gasteiger partial charge on any atom is 0.328 e. The van der Waals surface area contributed by atoms with E-state index in [1.165, 1.54) is 24.5 Å². The molecule has 4 amide bonds. The van der Waals surface area contributed by atoms with E-state index in [1.807, 2.05) is 34.9 Å². The van der Waals surface area contributed by atoms with Crippen LogP contribution in [0.1, 0.15) is 36.5 Å². The number of ether oxygens (including phenoxy) is 1. The van der Waals surface area contributed by atoms with Gasteiger partial charge in [-0.15, -0.1) is 0 Å². The van der Waals surface area contributed by atoms with E-state index >= 15 is 0 Å². The summed E-state index contributed by atoms with van der Waals surface area (Å²) in [6.07, 6.45) is 8.21. The van der Waals surface area contributed by atoms with Crippen molar-refractivity contribution in [3.63, 3.8) is 0 Å². The lowest BCUT2D eigenvalue weighted by molar-refractivity contribution is -0.124. The SMILES string of the molecule is CCCCc1ccc(COc2ccc(/C=C/C=C3C(=O)NC(=O)NC3=O)cc2)cc1. The fraction of sp³-hybridized carbons (Fsp3) is 0.208. The quantitative estimate of drug-likeness (QED) is 0.516. The van der Waals surface area contributed by atoms with Crippen LogP contribution in [0, 0.1) is 0 Å². The van der Waals surface area contributed by atoms with Gasteiger partial charge in [0.05, 0.1) is 0 Å². The Labute approximate surface area is 175 Å². The number of amides is 4. The number of carbonyl (C=O) groups is 3. The first kappa shape index (κ1) is 21.0. The highest BCUT2D eigenvalue weighted by Crippen LogP contribution is 2.16. The van der Waals surface area contributed by atoms with E-state index in [-0.39, 0.29) is 5.57 Å². The van der Waals surface area contributed by atoms with Gasteiger partial charge in [-0.1, -0.05) is 61.9 Å². The smallest absolute Gasteiger partial charge is 0.328 e. The van der Waals surface area contributed by atoms with Gasteiger partial charge in [0.15, 0.2) is 0 Å². The van der Waals surface area contributed by atoms with Crippen LogP contribution in [-0.2, 0) is 22.6 Å². The molecule has 3 rings (SSSR count). The lowest BCUT2D eigenvalue weighted by Crippen LogP contribution is -2.51. The molecule has 6 heteroatoms. The average molecular weight is 404 g/mol. The van der Waals surface area contributed by atoms with E-state index in [0.717, 1.165) is 23.3 Å². The molecule has 0 aromatic heterocycles. The third kappa shape index (κ3) is 5.91. The van der Waals surface area contributed by atoms with Crippen molar-refractivity contribution in [1.29, 1.82) is 0 Å². The predicted octanol–water partition coefficient (Wildman–Crippen LogP) is 3.91. The number of unbranched alkanes of at least 4 members (excludes halogenated alkanes) is 1. The first-order valence-electron chi connectivity index (χ1n) is 9.91. The van der Waals surface area contributed by atoms with Crippen LogP contribution in [0.15, 0.2) is 66.3 Å². The van der Waals surface area contributed by atoms with Crippen molar-refractivity contribution >= 4 is 23.9 Å². The van der Waals surface area contributed by atoms with Crippen LogP contribution in [0.4, 0.5) is 4.79 Å². The highest BCUT2D eigenvalue weighted by molar-refractivity contribution is 6.29. The molecule has 0 saturated carbocycles. The van der Waals surface area contributed by atoms with E-state index < -0.39 is 17.8 Å². The van der Waals surface area contributed by atoms with Crippen LogP contribution >= 0.6 is 0 Å². The minimum atomic E-state index is -0.811. The minimum absolute atomic E-state index is 0.119. The molecule has 154 valence electrons. The zero-order valence-electron chi connectivity index (χ0n) is 16.8. The molecule has 1 fully saturated rings. The number of rotatable bonds is 8. The number of carbonyl (C=O) groups excluding carboxylic acids is 3. The number of allylic oxidation sites excluding steroid dienone is 2. The Bertz CT molecular complexity index is 951. The van der Waals surface area contributed by atoms with Gasteiger partial charge in [0.1, 0.15) is 17.9 Å². The number of imide groups is 2. The molecule has 1 saturated heterocycles. The first-order valence-corrected chi connectivity index (χ1v) is 9.91. The van der Waals surface area contributed by atoms with Crippen LogP contribution in [0.25, 0.3) is 6.08 Å². The number of barbiturate groups is 1.